The first-order chi connectivity index (χ1) is 5.11. The predicted octanol–water partition coefficient (Wildman–Crippen LogP) is 2.16. The van der Waals surface area contributed by atoms with Gasteiger partial charge in [0, 0.05) is 0 Å². The normalized spacial score (nSPS) is 9.73. The van der Waals surface area contributed by atoms with Crippen molar-refractivity contribution >= 4 is 40.0 Å². The molecule has 0 aliphatic heterocycles. The number of nitrogens with zero attached hydrogens (tertiary/aromatic N) is 2. The van der Waals surface area contributed by atoms with Crippen LogP contribution in [0.1, 0.15) is 10.5 Å². The maximum Gasteiger partial charge on any atom is 0.274 e. The van der Waals surface area contributed by atoms with Crippen LogP contribution in [0.4, 0.5) is 0 Å². The third-order valence-corrected chi connectivity index (χ3v) is 1.51. The molecule has 0 amide bonds. The fourth-order valence-corrected chi connectivity index (χ4v) is 1.07. The highest BCUT2D eigenvalue weighted by atomic mass is 35.5. The molecule has 58 valence electrons. The van der Waals surface area contributed by atoms with Gasteiger partial charge in [0.2, 0.25) is 0 Å². The van der Waals surface area contributed by atoms with Crippen molar-refractivity contribution in [1.29, 1.82) is 0 Å². The average molecular weight is 211 g/mol. The number of carbonyl (C=O) groups excluding carboxylic acids is 1. The Hall–Kier alpha value is -0.380. The molecule has 0 saturated carbocycles. The van der Waals surface area contributed by atoms with Crippen molar-refractivity contribution in [1.82, 2.24) is 9.97 Å². The van der Waals surface area contributed by atoms with E-state index in [1.165, 1.54) is 6.20 Å². The maximum absolute atomic E-state index is 10.5. The van der Waals surface area contributed by atoms with Gasteiger partial charge < -0.3 is 0 Å². The molecule has 1 aromatic heterocycles. The Morgan fingerprint density at radius 2 is 2.09 bits per heavy atom. The molecule has 3 nitrogen and oxygen atoms in total. The molecule has 11 heavy (non-hydrogen) atoms. The van der Waals surface area contributed by atoms with Gasteiger partial charge in [-0.1, -0.05) is 23.2 Å². The van der Waals surface area contributed by atoms with E-state index in [1.54, 1.807) is 0 Å². The quantitative estimate of drug-likeness (QED) is 0.669. The molecule has 0 atom stereocenters. The van der Waals surface area contributed by atoms with Gasteiger partial charge in [0.05, 0.1) is 6.20 Å². The summed E-state index contributed by atoms with van der Waals surface area (Å²) in [6.45, 7) is 0. The van der Waals surface area contributed by atoms with Gasteiger partial charge in [0.15, 0.2) is 10.8 Å². The van der Waals surface area contributed by atoms with Crippen LogP contribution in [0, 0.1) is 0 Å². The van der Waals surface area contributed by atoms with E-state index in [2.05, 4.69) is 9.97 Å². The summed E-state index contributed by atoms with van der Waals surface area (Å²) in [5.74, 6) is 0. The summed E-state index contributed by atoms with van der Waals surface area (Å²) < 4.78 is 0. The summed E-state index contributed by atoms with van der Waals surface area (Å²) in [5, 5.41) is -0.715. The highest BCUT2D eigenvalue weighted by Gasteiger charge is 2.10. The second-order valence-corrected chi connectivity index (χ2v) is 2.69. The first-order valence-corrected chi connectivity index (χ1v) is 3.62. The Balaban J connectivity index is 3.20. The highest BCUT2D eigenvalue weighted by molar-refractivity contribution is 6.68. The predicted molar refractivity (Wildman–Crippen MR) is 42.2 cm³/mol. The van der Waals surface area contributed by atoms with Gasteiger partial charge in [-0.3, -0.25) is 4.79 Å². The summed E-state index contributed by atoms with van der Waals surface area (Å²) in [6.07, 6.45) is 1.20. The Morgan fingerprint density at radius 3 is 2.55 bits per heavy atom. The van der Waals surface area contributed by atoms with Crippen LogP contribution in [0.25, 0.3) is 0 Å². The smallest absolute Gasteiger partial charge is 0.274 e. The van der Waals surface area contributed by atoms with Crippen molar-refractivity contribution in [2.75, 3.05) is 0 Å². The molecule has 0 bridgehead atoms. The number of hydrogen-bond acceptors (Lipinski definition) is 3. The lowest BCUT2D eigenvalue weighted by Crippen LogP contribution is -1.96. The van der Waals surface area contributed by atoms with Crippen molar-refractivity contribution in [3.8, 4) is 0 Å². The monoisotopic (exact) mass is 210 g/mol. The minimum atomic E-state index is -0.751. The topological polar surface area (TPSA) is 42.9 Å². The Kier molecular flexibility index (Phi) is 2.65. The summed E-state index contributed by atoms with van der Waals surface area (Å²) in [7, 11) is 0. The lowest BCUT2D eigenvalue weighted by atomic mass is 10.5. The second kappa shape index (κ2) is 3.34. The molecule has 0 spiro atoms. The zero-order valence-corrected chi connectivity index (χ0v) is 7.28. The number of rotatable bonds is 1. The van der Waals surface area contributed by atoms with Gasteiger partial charge >= 0.3 is 0 Å². The number of carbonyl (C=O) groups is 1. The standard InChI is InChI=1S/C5HCl3N2O/c6-2-1-9-3(5(8)11)4(7)10-2/h1H. The Bertz CT molecular complexity index is 302. The number of halogens is 3. The van der Waals surface area contributed by atoms with E-state index in [-0.39, 0.29) is 16.0 Å². The molecular formula is C5HCl3N2O. The largest absolute Gasteiger partial charge is 0.274 e. The van der Waals surface area contributed by atoms with Gasteiger partial charge in [0.1, 0.15) is 5.15 Å². The SMILES string of the molecule is O=C(Cl)c1ncc(Cl)nc1Cl. The molecular weight excluding hydrogens is 210 g/mol. The molecule has 6 heteroatoms. The fourth-order valence-electron chi connectivity index (χ4n) is 0.479. The Morgan fingerprint density at radius 1 is 1.45 bits per heavy atom. The van der Waals surface area contributed by atoms with E-state index in [9.17, 15) is 4.79 Å². The molecule has 0 aliphatic rings. The van der Waals surface area contributed by atoms with Gasteiger partial charge in [-0.15, -0.1) is 0 Å². The van der Waals surface area contributed by atoms with Gasteiger partial charge in [-0.2, -0.15) is 0 Å². The molecule has 1 aromatic rings. The van der Waals surface area contributed by atoms with E-state index in [0.717, 1.165) is 0 Å². The summed E-state index contributed by atoms with van der Waals surface area (Å²) in [4.78, 5) is 17.6. The lowest BCUT2D eigenvalue weighted by molar-refractivity contribution is 0.107. The van der Waals surface area contributed by atoms with E-state index in [1.807, 2.05) is 0 Å². The van der Waals surface area contributed by atoms with Crippen LogP contribution >= 0.6 is 34.8 Å². The summed E-state index contributed by atoms with van der Waals surface area (Å²) >= 11 is 16.0. The lowest BCUT2D eigenvalue weighted by Gasteiger charge is -1.94. The third kappa shape index (κ3) is 2.02. The molecule has 0 N–H and O–H groups in total. The second-order valence-electron chi connectivity index (χ2n) is 1.61. The highest BCUT2D eigenvalue weighted by Crippen LogP contribution is 2.14. The van der Waals surface area contributed by atoms with E-state index >= 15 is 0 Å². The van der Waals surface area contributed by atoms with Crippen LogP contribution < -0.4 is 0 Å². The molecule has 0 aromatic carbocycles. The van der Waals surface area contributed by atoms with Crippen molar-refractivity contribution in [2.45, 2.75) is 0 Å². The zero-order valence-electron chi connectivity index (χ0n) is 5.01. The molecule has 1 rings (SSSR count). The van der Waals surface area contributed by atoms with Crippen LogP contribution in [0.5, 0.6) is 0 Å². The van der Waals surface area contributed by atoms with Crippen LogP contribution in [-0.2, 0) is 0 Å². The van der Waals surface area contributed by atoms with Gasteiger partial charge in [0.25, 0.3) is 5.24 Å². The third-order valence-electron chi connectivity index (χ3n) is 0.887. The number of hydrogen-bond donors (Lipinski definition) is 0. The van der Waals surface area contributed by atoms with Crippen LogP contribution in [0.15, 0.2) is 6.20 Å². The first kappa shape index (κ1) is 8.71. The summed E-state index contributed by atoms with van der Waals surface area (Å²) in [6, 6.07) is 0. The minimum Gasteiger partial charge on any atom is -0.274 e. The van der Waals surface area contributed by atoms with Crippen LogP contribution in [-0.4, -0.2) is 15.2 Å². The Labute approximate surface area is 77.3 Å². The van der Waals surface area contributed by atoms with Crippen molar-refractivity contribution in [3.05, 3.63) is 22.2 Å². The molecule has 0 unspecified atom stereocenters. The van der Waals surface area contributed by atoms with Crippen LogP contribution in [0.2, 0.25) is 10.3 Å². The molecule has 1 heterocycles. The molecule has 0 aliphatic carbocycles. The van der Waals surface area contributed by atoms with E-state index in [4.69, 9.17) is 34.8 Å². The fraction of sp³-hybridized carbons (Fsp3) is 0. The van der Waals surface area contributed by atoms with E-state index in [0.29, 0.717) is 0 Å². The molecule has 0 fully saturated rings. The molecule has 0 radical (unpaired) electrons. The minimum absolute atomic E-state index is 0.0854. The first-order valence-electron chi connectivity index (χ1n) is 2.49. The van der Waals surface area contributed by atoms with Crippen molar-refractivity contribution in [2.24, 2.45) is 0 Å². The zero-order chi connectivity index (χ0) is 8.43. The van der Waals surface area contributed by atoms with Crippen molar-refractivity contribution in [3.63, 3.8) is 0 Å². The van der Waals surface area contributed by atoms with Crippen molar-refractivity contribution < 1.29 is 4.79 Å². The van der Waals surface area contributed by atoms with Crippen LogP contribution in [0.3, 0.4) is 0 Å². The maximum atomic E-state index is 10.5. The average Bonchev–Trinajstić information content (AvgIpc) is 1.85. The van der Waals surface area contributed by atoms with Gasteiger partial charge in [-0.25, -0.2) is 9.97 Å². The molecule has 0 saturated heterocycles. The van der Waals surface area contributed by atoms with Gasteiger partial charge in [-0.05, 0) is 11.6 Å². The number of aromatic nitrogens is 2. The summed E-state index contributed by atoms with van der Waals surface area (Å²) in [5.41, 5.74) is -0.0854. The van der Waals surface area contributed by atoms with E-state index < -0.39 is 5.24 Å².